The van der Waals surface area contributed by atoms with Gasteiger partial charge in [0.25, 0.3) is 0 Å². The van der Waals surface area contributed by atoms with Crippen molar-refractivity contribution in [1.29, 1.82) is 0 Å². The molecule has 236 valence electrons. The van der Waals surface area contributed by atoms with Gasteiger partial charge in [0, 0.05) is 29.4 Å². The Morgan fingerprint density at radius 2 is 1.10 bits per heavy atom. The highest BCUT2D eigenvalue weighted by molar-refractivity contribution is 6.96. The van der Waals surface area contributed by atoms with Gasteiger partial charge in [0.15, 0.2) is 0 Å². The molecule has 0 aliphatic carbocycles. The van der Waals surface area contributed by atoms with Crippen molar-refractivity contribution in [3.8, 4) is 0 Å². The molecule has 0 aromatic rings. The Bertz CT molecular complexity index is 545. The third kappa shape index (κ3) is 23.6. The highest BCUT2D eigenvalue weighted by atomic mass is 28.4. The van der Waals surface area contributed by atoms with E-state index in [2.05, 4.69) is 61.6 Å². The molecule has 0 aromatic carbocycles. The van der Waals surface area contributed by atoms with Crippen LogP contribution in [-0.4, -0.2) is 55.8 Å². The van der Waals surface area contributed by atoms with Crippen LogP contribution >= 0.6 is 0 Å². The summed E-state index contributed by atoms with van der Waals surface area (Å²) >= 11 is 0. The van der Waals surface area contributed by atoms with E-state index in [1.54, 1.807) is 17.8 Å². The first-order chi connectivity index (χ1) is 18.4. The summed E-state index contributed by atoms with van der Waals surface area (Å²) < 4.78 is 16.7. The quantitative estimate of drug-likeness (QED) is 0.0674. The molecule has 0 fully saturated rings. The van der Waals surface area contributed by atoms with Gasteiger partial charge in [0.1, 0.15) is 0 Å². The summed E-state index contributed by atoms with van der Waals surface area (Å²) in [5.41, 5.74) is 1.67. The maximum atomic E-state index is 5.83. The summed E-state index contributed by atoms with van der Waals surface area (Å²) in [7, 11) is -2.49. The second-order valence-electron chi connectivity index (χ2n) is 14.6. The maximum Gasteiger partial charge on any atom is 0.0701 e. The molecule has 0 radical (unpaired) electrons. The normalized spacial score (nSPS) is 16.9. The van der Waals surface area contributed by atoms with E-state index in [9.17, 15) is 0 Å². The van der Waals surface area contributed by atoms with Crippen LogP contribution in [0.25, 0.3) is 0 Å². The van der Waals surface area contributed by atoms with Gasteiger partial charge in [-0.2, -0.15) is 0 Å². The van der Waals surface area contributed by atoms with E-state index in [1.165, 1.54) is 69.9 Å². The second kappa shape index (κ2) is 23.8. The Balaban J connectivity index is 4.80. The van der Waals surface area contributed by atoms with Crippen LogP contribution in [0.15, 0.2) is 0 Å². The molecule has 39 heavy (non-hydrogen) atoms. The first-order valence-corrected chi connectivity index (χ1v) is 23.4. The van der Waals surface area contributed by atoms with Gasteiger partial charge >= 0.3 is 0 Å². The Labute approximate surface area is 249 Å². The first kappa shape index (κ1) is 39.3. The minimum Gasteiger partial charge on any atom is -0.379 e. The van der Waals surface area contributed by atoms with Crippen molar-refractivity contribution in [3.05, 3.63) is 0 Å². The van der Waals surface area contributed by atoms with Gasteiger partial charge in [-0.3, -0.25) is 0 Å². The van der Waals surface area contributed by atoms with Crippen LogP contribution in [0.2, 0.25) is 42.9 Å². The topological polar surface area (TPSA) is 27.7 Å². The van der Waals surface area contributed by atoms with Crippen LogP contribution in [0.5, 0.6) is 0 Å². The van der Waals surface area contributed by atoms with Gasteiger partial charge in [-0.05, 0) is 37.0 Å². The molecule has 5 heteroatoms. The van der Waals surface area contributed by atoms with Gasteiger partial charge in [-0.25, -0.2) is 0 Å². The molecule has 0 aliphatic heterocycles. The molecule has 0 saturated carbocycles. The first-order valence-electron chi connectivity index (χ1n) is 17.2. The largest absolute Gasteiger partial charge is 0.379 e. The van der Waals surface area contributed by atoms with Crippen LogP contribution in [0.4, 0.5) is 0 Å². The highest BCUT2D eigenvalue weighted by Gasteiger charge is 2.38. The Kier molecular flexibility index (Phi) is 24.0. The van der Waals surface area contributed by atoms with Crippen molar-refractivity contribution < 1.29 is 14.2 Å². The van der Waals surface area contributed by atoms with E-state index in [-0.39, 0.29) is 0 Å². The lowest BCUT2D eigenvalue weighted by molar-refractivity contribution is 0.0163. The minimum absolute atomic E-state index is 0.674. The summed E-state index contributed by atoms with van der Waals surface area (Å²) in [5, 5.41) is 0. The zero-order valence-corrected chi connectivity index (χ0v) is 30.7. The number of hydrogen-bond donors (Lipinski definition) is 0. The molecule has 0 N–H and O–H groups in total. The number of ether oxygens (including phenoxy) is 3. The molecular formula is C34H74O3Si2. The predicted octanol–water partition coefficient (Wildman–Crippen LogP) is 10.9. The van der Waals surface area contributed by atoms with Crippen molar-refractivity contribution in [1.82, 2.24) is 0 Å². The molecule has 0 bridgehead atoms. The highest BCUT2D eigenvalue weighted by Crippen LogP contribution is 2.38. The van der Waals surface area contributed by atoms with Gasteiger partial charge in [-0.15, -0.1) is 0 Å². The monoisotopic (exact) mass is 587 g/mol. The predicted molar refractivity (Wildman–Crippen MR) is 181 cm³/mol. The SMILES string of the molecule is CCOCCOCCOCCCCC[Si](C)(CC(C)C)C[Si](C)(CCC(C)CC)CCC(C)CCCC(C)C. The van der Waals surface area contributed by atoms with Gasteiger partial charge in [0.2, 0.25) is 0 Å². The lowest BCUT2D eigenvalue weighted by Crippen LogP contribution is -2.44. The zero-order valence-electron chi connectivity index (χ0n) is 28.7. The van der Waals surface area contributed by atoms with Crippen LogP contribution < -0.4 is 0 Å². The van der Waals surface area contributed by atoms with E-state index in [0.29, 0.717) is 26.4 Å². The molecule has 0 amide bonds. The lowest BCUT2D eigenvalue weighted by Gasteiger charge is -2.40. The molecule has 0 heterocycles. The molecule has 0 aromatic heterocycles. The van der Waals surface area contributed by atoms with E-state index in [4.69, 9.17) is 14.2 Å². The van der Waals surface area contributed by atoms with E-state index in [1.807, 2.05) is 6.92 Å². The average Bonchev–Trinajstić information content (AvgIpc) is 2.86. The van der Waals surface area contributed by atoms with Crippen molar-refractivity contribution in [2.45, 2.75) is 156 Å². The number of hydrogen-bond acceptors (Lipinski definition) is 3. The molecular weight excluding hydrogens is 513 g/mol. The summed E-state index contributed by atoms with van der Waals surface area (Å²) in [6.45, 7) is 29.2. The molecule has 0 saturated heterocycles. The van der Waals surface area contributed by atoms with Gasteiger partial charge in [-0.1, -0.05) is 143 Å². The van der Waals surface area contributed by atoms with Crippen LogP contribution in [-0.2, 0) is 14.2 Å². The summed E-state index contributed by atoms with van der Waals surface area (Å²) in [6, 6.07) is 6.20. The third-order valence-corrected chi connectivity index (χ3v) is 22.1. The van der Waals surface area contributed by atoms with E-state index >= 15 is 0 Å². The van der Waals surface area contributed by atoms with Crippen LogP contribution in [0.3, 0.4) is 0 Å². The maximum absolute atomic E-state index is 5.83. The Hall–Kier alpha value is 0.314. The van der Waals surface area contributed by atoms with Gasteiger partial charge in [0.05, 0.1) is 26.4 Å². The summed E-state index contributed by atoms with van der Waals surface area (Å²) in [5.74, 6) is 3.50. The Morgan fingerprint density at radius 1 is 0.513 bits per heavy atom. The minimum atomic E-state index is -1.25. The van der Waals surface area contributed by atoms with Crippen molar-refractivity contribution in [2.24, 2.45) is 23.7 Å². The molecule has 0 rings (SSSR count). The molecule has 4 atom stereocenters. The third-order valence-electron chi connectivity index (χ3n) is 8.93. The van der Waals surface area contributed by atoms with Crippen LogP contribution in [0.1, 0.15) is 113 Å². The van der Waals surface area contributed by atoms with Crippen molar-refractivity contribution in [3.63, 3.8) is 0 Å². The lowest BCUT2D eigenvalue weighted by atomic mass is 9.98. The second-order valence-corrected chi connectivity index (χ2v) is 25.2. The fraction of sp³-hybridized carbons (Fsp3) is 1.00. The number of rotatable bonds is 28. The van der Waals surface area contributed by atoms with E-state index in [0.717, 1.165) is 36.9 Å². The Morgan fingerprint density at radius 3 is 1.67 bits per heavy atom. The molecule has 4 unspecified atom stereocenters. The number of unbranched alkanes of at least 4 members (excludes halogenated alkanes) is 2. The van der Waals surface area contributed by atoms with E-state index < -0.39 is 16.1 Å². The fourth-order valence-corrected chi connectivity index (χ4v) is 23.4. The summed E-state index contributed by atoms with van der Waals surface area (Å²) in [6.07, 6.45) is 12.5. The molecule has 3 nitrogen and oxygen atoms in total. The smallest absolute Gasteiger partial charge is 0.0701 e. The fourth-order valence-electron chi connectivity index (χ4n) is 6.51. The van der Waals surface area contributed by atoms with Gasteiger partial charge < -0.3 is 14.2 Å². The van der Waals surface area contributed by atoms with Crippen LogP contribution in [0, 0.1) is 23.7 Å². The standard InChI is InChI=1S/C34H74O3Si2/c1-11-33(7)19-27-38(9,28-20-34(8)18-16-17-31(3)4)30-39(10,29-32(5)6)26-15-13-14-21-36-24-25-37-23-22-35-12-2/h31-34H,11-30H2,1-10H3. The average molecular weight is 587 g/mol. The van der Waals surface area contributed by atoms with Crippen molar-refractivity contribution >= 4 is 16.1 Å². The molecule has 0 spiro atoms. The molecule has 0 aliphatic rings. The summed E-state index contributed by atoms with van der Waals surface area (Å²) in [4.78, 5) is 0. The zero-order chi connectivity index (χ0) is 29.6. The van der Waals surface area contributed by atoms with Crippen molar-refractivity contribution in [2.75, 3.05) is 39.6 Å².